The lowest BCUT2D eigenvalue weighted by Gasteiger charge is -2.25. The monoisotopic (exact) mass is 472 g/mol. The Morgan fingerprint density at radius 1 is 0.943 bits per heavy atom. The third kappa shape index (κ3) is 3.79. The third-order valence-corrected chi connectivity index (χ3v) is 8.29. The molecule has 2 aromatic rings. The number of carboxylic acid groups (broad SMARTS) is 1. The van der Waals surface area contributed by atoms with E-state index in [4.69, 9.17) is 4.74 Å². The Hall–Kier alpha value is -3.61. The van der Waals surface area contributed by atoms with Crippen molar-refractivity contribution in [3.63, 3.8) is 0 Å². The molecule has 7 heteroatoms. The molecule has 6 rings (SSSR count). The summed E-state index contributed by atoms with van der Waals surface area (Å²) in [6.45, 7) is 1.35. The topological polar surface area (TPSA) is 95.9 Å². The van der Waals surface area contributed by atoms with Crippen molar-refractivity contribution in [3.05, 3.63) is 71.8 Å². The smallest absolute Gasteiger partial charge is 0.407 e. The molecule has 2 fully saturated rings. The van der Waals surface area contributed by atoms with E-state index in [1.807, 2.05) is 36.4 Å². The quantitative estimate of drug-likeness (QED) is 0.626. The van der Waals surface area contributed by atoms with Crippen LogP contribution in [0.2, 0.25) is 0 Å². The van der Waals surface area contributed by atoms with Gasteiger partial charge in [-0.2, -0.15) is 0 Å². The minimum Gasteiger partial charge on any atom is -0.481 e. The minimum atomic E-state index is -1.15. The summed E-state index contributed by atoms with van der Waals surface area (Å²) in [5.41, 5.74) is 4.43. The molecule has 2 N–H and O–H groups in total. The maximum absolute atomic E-state index is 13.2. The molecule has 1 saturated heterocycles. The van der Waals surface area contributed by atoms with Gasteiger partial charge in [-0.05, 0) is 52.3 Å². The summed E-state index contributed by atoms with van der Waals surface area (Å²) in [5, 5.41) is 11.9. The van der Waals surface area contributed by atoms with Crippen LogP contribution in [0.3, 0.4) is 0 Å². The van der Waals surface area contributed by atoms with Gasteiger partial charge in [-0.3, -0.25) is 9.59 Å². The number of allylic oxidation sites excluding steroid dienone is 2. The van der Waals surface area contributed by atoms with Crippen LogP contribution in [0, 0.1) is 23.7 Å². The lowest BCUT2D eigenvalue weighted by molar-refractivity contribution is -0.142. The highest BCUT2D eigenvalue weighted by molar-refractivity contribution is 5.89. The van der Waals surface area contributed by atoms with Gasteiger partial charge in [0.1, 0.15) is 12.6 Å². The summed E-state index contributed by atoms with van der Waals surface area (Å²) in [7, 11) is 0. The van der Waals surface area contributed by atoms with E-state index in [0.29, 0.717) is 36.8 Å². The van der Waals surface area contributed by atoms with E-state index in [9.17, 15) is 19.5 Å². The highest BCUT2D eigenvalue weighted by Gasteiger charge is 2.50. The maximum atomic E-state index is 13.2. The van der Waals surface area contributed by atoms with Crippen LogP contribution < -0.4 is 5.32 Å². The van der Waals surface area contributed by atoms with Gasteiger partial charge in [-0.25, -0.2) is 4.79 Å². The normalized spacial score (nSPS) is 26.2. The van der Waals surface area contributed by atoms with Crippen molar-refractivity contribution >= 4 is 18.0 Å². The Labute approximate surface area is 203 Å². The number of likely N-dealkylation sites (tertiary alicyclic amines) is 1. The summed E-state index contributed by atoms with van der Waals surface area (Å²) in [4.78, 5) is 39.2. The van der Waals surface area contributed by atoms with Crippen LogP contribution in [-0.2, 0) is 14.3 Å². The molecule has 2 amide bonds. The Bertz CT molecular complexity index is 1160. The van der Waals surface area contributed by atoms with Gasteiger partial charge in [0.25, 0.3) is 0 Å². The largest absolute Gasteiger partial charge is 0.481 e. The fourth-order valence-corrected chi connectivity index (χ4v) is 6.71. The molecule has 1 heterocycles. The number of carboxylic acids is 1. The number of benzene rings is 2. The Balaban J connectivity index is 1.12. The maximum Gasteiger partial charge on any atom is 0.407 e. The van der Waals surface area contributed by atoms with E-state index in [-0.39, 0.29) is 18.4 Å². The minimum absolute atomic E-state index is 0.108. The number of amides is 2. The van der Waals surface area contributed by atoms with Gasteiger partial charge in [0, 0.05) is 19.0 Å². The van der Waals surface area contributed by atoms with Gasteiger partial charge in [0.05, 0.1) is 6.42 Å². The van der Waals surface area contributed by atoms with Crippen molar-refractivity contribution in [2.75, 3.05) is 19.7 Å². The second kappa shape index (κ2) is 8.56. The zero-order valence-electron chi connectivity index (χ0n) is 19.3. The number of nitrogens with zero attached hydrogens (tertiary/aromatic N) is 1. The molecule has 0 spiro atoms. The number of hydrogen-bond donors (Lipinski definition) is 2. The number of fused-ring (bicyclic) bond motifs is 8. The number of carbonyl (C=O) groups is 3. The molecule has 180 valence electrons. The predicted octanol–water partition coefficient (Wildman–Crippen LogP) is 3.65. The second-order valence-corrected chi connectivity index (χ2v) is 10.1. The molecular weight excluding hydrogens is 444 g/mol. The molecule has 3 aliphatic carbocycles. The molecule has 1 saturated carbocycles. The first-order valence-electron chi connectivity index (χ1n) is 12.3. The molecular formula is C28H28N2O5. The molecule has 0 aromatic heterocycles. The SMILES string of the molecule is O=C(O)CC(NC(=O)OCC1c2ccccc2-c2ccccc21)C(=O)N1CC2C3C=CC(C3)C2C1. The highest BCUT2D eigenvalue weighted by atomic mass is 16.5. The zero-order chi connectivity index (χ0) is 24.1. The van der Waals surface area contributed by atoms with Gasteiger partial charge >= 0.3 is 12.1 Å². The van der Waals surface area contributed by atoms with Crippen molar-refractivity contribution < 1.29 is 24.2 Å². The summed E-state index contributed by atoms with van der Waals surface area (Å²) >= 11 is 0. The average Bonchev–Trinajstić information content (AvgIpc) is 3.62. The Morgan fingerprint density at radius 2 is 1.51 bits per heavy atom. The van der Waals surface area contributed by atoms with Crippen LogP contribution in [0.25, 0.3) is 11.1 Å². The first-order valence-corrected chi connectivity index (χ1v) is 12.3. The molecule has 2 bridgehead atoms. The van der Waals surface area contributed by atoms with Crippen LogP contribution in [0.15, 0.2) is 60.7 Å². The van der Waals surface area contributed by atoms with Crippen molar-refractivity contribution in [2.24, 2.45) is 23.7 Å². The van der Waals surface area contributed by atoms with Gasteiger partial charge < -0.3 is 20.1 Å². The van der Waals surface area contributed by atoms with E-state index < -0.39 is 24.5 Å². The molecule has 2 aromatic carbocycles. The van der Waals surface area contributed by atoms with Crippen LogP contribution in [-0.4, -0.2) is 53.7 Å². The standard InChI is InChI=1S/C28H28N2O5/c31-26(32)12-25(27(33)30-13-22-16-9-10-17(11-16)23(22)14-30)29-28(34)35-15-24-20-7-3-1-5-18(20)19-6-2-4-8-21(19)24/h1-10,16-17,22-25H,11-15H2,(H,29,34)(H,31,32). The fraction of sp³-hybridized carbons (Fsp3) is 0.393. The number of aliphatic carboxylic acids is 1. The van der Waals surface area contributed by atoms with E-state index in [1.54, 1.807) is 4.90 Å². The molecule has 4 aliphatic rings. The molecule has 0 radical (unpaired) electrons. The molecule has 5 unspecified atom stereocenters. The first-order chi connectivity index (χ1) is 17.0. The summed E-state index contributed by atoms with van der Waals surface area (Å²) in [6, 6.07) is 14.9. The molecule has 1 aliphatic heterocycles. The van der Waals surface area contributed by atoms with Crippen LogP contribution in [0.4, 0.5) is 4.79 Å². The number of rotatable bonds is 6. The lowest BCUT2D eigenvalue weighted by atomic mass is 9.86. The molecule has 35 heavy (non-hydrogen) atoms. The average molecular weight is 473 g/mol. The van der Waals surface area contributed by atoms with Crippen molar-refractivity contribution in [3.8, 4) is 11.1 Å². The summed E-state index contributed by atoms with van der Waals surface area (Å²) in [5.74, 6) is 0.315. The third-order valence-electron chi connectivity index (χ3n) is 8.29. The van der Waals surface area contributed by atoms with Gasteiger partial charge in [0.2, 0.25) is 5.91 Å². The molecule has 7 nitrogen and oxygen atoms in total. The second-order valence-electron chi connectivity index (χ2n) is 10.1. The van der Waals surface area contributed by atoms with Crippen LogP contribution in [0.1, 0.15) is 29.9 Å². The van der Waals surface area contributed by atoms with E-state index in [1.165, 1.54) is 0 Å². The number of nitrogens with one attached hydrogen (secondary N) is 1. The van der Waals surface area contributed by atoms with Crippen LogP contribution >= 0.6 is 0 Å². The van der Waals surface area contributed by atoms with E-state index in [0.717, 1.165) is 28.7 Å². The Morgan fingerprint density at radius 3 is 2.09 bits per heavy atom. The predicted molar refractivity (Wildman–Crippen MR) is 129 cm³/mol. The number of alkyl carbamates (subject to hydrolysis) is 1. The van der Waals surface area contributed by atoms with Gasteiger partial charge in [0.15, 0.2) is 0 Å². The van der Waals surface area contributed by atoms with Crippen molar-refractivity contribution in [2.45, 2.75) is 24.8 Å². The van der Waals surface area contributed by atoms with Crippen LogP contribution in [0.5, 0.6) is 0 Å². The lowest BCUT2D eigenvalue weighted by Crippen LogP contribution is -2.49. The summed E-state index contributed by atoms with van der Waals surface area (Å²) in [6.07, 6.45) is 4.42. The fourth-order valence-electron chi connectivity index (χ4n) is 6.71. The van der Waals surface area contributed by atoms with E-state index >= 15 is 0 Å². The number of carbonyl (C=O) groups excluding carboxylic acids is 2. The first kappa shape index (κ1) is 21.9. The number of hydrogen-bond acceptors (Lipinski definition) is 4. The Kier molecular flexibility index (Phi) is 5.35. The van der Waals surface area contributed by atoms with Crippen molar-refractivity contribution in [1.29, 1.82) is 0 Å². The highest BCUT2D eigenvalue weighted by Crippen LogP contribution is 2.51. The van der Waals surface area contributed by atoms with Gasteiger partial charge in [-0.1, -0.05) is 60.7 Å². The number of ether oxygens (including phenoxy) is 1. The van der Waals surface area contributed by atoms with E-state index in [2.05, 4.69) is 29.6 Å². The molecule has 5 atom stereocenters. The zero-order valence-corrected chi connectivity index (χ0v) is 19.3. The van der Waals surface area contributed by atoms with Gasteiger partial charge in [-0.15, -0.1) is 0 Å². The summed E-state index contributed by atoms with van der Waals surface area (Å²) < 4.78 is 5.56. The van der Waals surface area contributed by atoms with Crippen molar-refractivity contribution in [1.82, 2.24) is 10.2 Å².